The highest BCUT2D eigenvalue weighted by atomic mass is 19.4. The van der Waals surface area contributed by atoms with Gasteiger partial charge in [0.1, 0.15) is 29.7 Å². The van der Waals surface area contributed by atoms with Gasteiger partial charge in [0, 0.05) is 6.07 Å². The van der Waals surface area contributed by atoms with Crippen LogP contribution in [-0.4, -0.2) is 0 Å². The molecule has 30 heavy (non-hydrogen) atoms. The predicted octanol–water partition coefficient (Wildman–Crippen LogP) is 5.46. The van der Waals surface area contributed by atoms with Crippen molar-refractivity contribution in [3.05, 3.63) is 64.1 Å². The Balaban J connectivity index is 2.58. The van der Waals surface area contributed by atoms with Crippen LogP contribution in [0.4, 0.5) is 32.0 Å². The Morgan fingerprint density at radius 1 is 0.900 bits per heavy atom. The zero-order valence-electron chi connectivity index (χ0n) is 14.8. The number of anilines is 1. The minimum Gasteiger partial charge on any atom is -0.449 e. The van der Waals surface area contributed by atoms with Crippen LogP contribution in [0.2, 0.25) is 0 Å². The fraction of sp³-hybridized carbons (Fsp3) is 0.105. The Hall–Kier alpha value is -4.17. The van der Waals surface area contributed by atoms with Crippen LogP contribution < -0.4 is 10.1 Å². The molecule has 0 radical (unpaired) electrons. The van der Waals surface area contributed by atoms with Crippen molar-refractivity contribution in [1.82, 2.24) is 0 Å². The molecule has 0 unspecified atom stereocenters. The van der Waals surface area contributed by atoms with Crippen LogP contribution in [0, 0.1) is 58.4 Å². The van der Waals surface area contributed by atoms with Crippen LogP contribution >= 0.6 is 0 Å². The number of nitrogens with zero attached hydrogens (tertiary/aromatic N) is 3. The topological polar surface area (TPSA) is 92.6 Å². The summed E-state index contributed by atoms with van der Waals surface area (Å²) in [7, 11) is 0. The molecular formula is C19H8F6N4O. The summed E-state index contributed by atoms with van der Waals surface area (Å²) in [6.45, 7) is 1.27. The van der Waals surface area contributed by atoms with Gasteiger partial charge in [-0.05, 0) is 30.7 Å². The van der Waals surface area contributed by atoms with Crippen LogP contribution in [0.25, 0.3) is 0 Å². The van der Waals surface area contributed by atoms with E-state index in [1.807, 2.05) is 0 Å². The summed E-state index contributed by atoms with van der Waals surface area (Å²) in [4.78, 5) is 0. The molecule has 0 heterocycles. The average molecular weight is 422 g/mol. The van der Waals surface area contributed by atoms with E-state index in [0.717, 1.165) is 12.1 Å². The van der Waals surface area contributed by atoms with Crippen LogP contribution in [0.1, 0.15) is 11.1 Å². The first-order chi connectivity index (χ1) is 14.0. The number of halogens is 6. The lowest BCUT2D eigenvalue weighted by Gasteiger charge is -2.16. The van der Waals surface area contributed by atoms with Gasteiger partial charge in [-0.25, -0.2) is 13.2 Å². The molecule has 0 aliphatic carbocycles. The summed E-state index contributed by atoms with van der Waals surface area (Å²) in [5.74, 6) is -5.89. The standard InChI is InChI=1S/C19H8F6N4O/c1-9-2-17(15(5-12(9)20)29-16(8-28)10(6-26)7-27)30-18-13(21)3-11(4-14(18)22)19(23,24)25/h2-5,29H,1H3. The lowest BCUT2D eigenvalue weighted by Crippen LogP contribution is -2.08. The van der Waals surface area contributed by atoms with E-state index in [0.29, 0.717) is 0 Å². The van der Waals surface area contributed by atoms with E-state index >= 15 is 0 Å². The second-order valence-corrected chi connectivity index (χ2v) is 5.68. The first-order valence-corrected chi connectivity index (χ1v) is 7.77. The molecule has 2 aromatic carbocycles. The van der Waals surface area contributed by atoms with E-state index in [-0.39, 0.29) is 17.7 Å². The predicted molar refractivity (Wildman–Crippen MR) is 90.1 cm³/mol. The summed E-state index contributed by atoms with van der Waals surface area (Å²) in [6, 6.07) is 6.11. The lowest BCUT2D eigenvalue weighted by atomic mass is 10.1. The molecule has 0 spiro atoms. The zero-order chi connectivity index (χ0) is 22.6. The summed E-state index contributed by atoms with van der Waals surface area (Å²) >= 11 is 0. The molecule has 0 saturated carbocycles. The number of rotatable bonds is 4. The molecule has 0 aromatic heterocycles. The fourth-order valence-corrected chi connectivity index (χ4v) is 2.19. The molecule has 11 heteroatoms. The van der Waals surface area contributed by atoms with Gasteiger partial charge in [-0.15, -0.1) is 0 Å². The number of ether oxygens (including phenoxy) is 1. The number of hydrogen-bond donors (Lipinski definition) is 1. The van der Waals surface area contributed by atoms with Gasteiger partial charge in [-0.2, -0.15) is 29.0 Å². The summed E-state index contributed by atoms with van der Waals surface area (Å²) in [6.07, 6.45) is -5.00. The van der Waals surface area contributed by atoms with E-state index in [1.54, 1.807) is 0 Å². The summed E-state index contributed by atoms with van der Waals surface area (Å²) < 4.78 is 85.2. The van der Waals surface area contributed by atoms with Crippen molar-refractivity contribution >= 4 is 5.69 Å². The number of alkyl halides is 3. The lowest BCUT2D eigenvalue weighted by molar-refractivity contribution is -0.138. The van der Waals surface area contributed by atoms with Gasteiger partial charge in [-0.1, -0.05) is 0 Å². The first-order valence-electron chi connectivity index (χ1n) is 7.77. The summed E-state index contributed by atoms with van der Waals surface area (Å²) in [5, 5.41) is 29.0. The maximum atomic E-state index is 14.1. The second kappa shape index (κ2) is 8.46. The van der Waals surface area contributed by atoms with E-state index in [2.05, 4.69) is 5.32 Å². The van der Waals surface area contributed by atoms with Crippen molar-refractivity contribution in [2.45, 2.75) is 13.1 Å². The monoisotopic (exact) mass is 422 g/mol. The Morgan fingerprint density at radius 3 is 1.93 bits per heavy atom. The number of allylic oxidation sites excluding steroid dienone is 2. The Morgan fingerprint density at radius 2 is 1.47 bits per heavy atom. The van der Waals surface area contributed by atoms with Gasteiger partial charge < -0.3 is 10.1 Å². The third kappa shape index (κ3) is 4.62. The van der Waals surface area contributed by atoms with Crippen LogP contribution in [0.5, 0.6) is 11.5 Å². The van der Waals surface area contributed by atoms with Crippen molar-refractivity contribution in [1.29, 1.82) is 15.8 Å². The quantitative estimate of drug-likeness (QED) is 0.522. The van der Waals surface area contributed by atoms with Gasteiger partial charge in [-0.3, -0.25) is 0 Å². The van der Waals surface area contributed by atoms with Gasteiger partial charge in [0.2, 0.25) is 0 Å². The number of nitrogens with one attached hydrogen (secondary N) is 1. The van der Waals surface area contributed by atoms with Crippen molar-refractivity contribution in [3.63, 3.8) is 0 Å². The molecule has 152 valence electrons. The van der Waals surface area contributed by atoms with Crippen LogP contribution in [-0.2, 0) is 6.18 Å². The summed E-state index contributed by atoms with van der Waals surface area (Å²) in [5.41, 5.74) is -3.33. The van der Waals surface area contributed by atoms with E-state index < -0.39 is 57.6 Å². The van der Waals surface area contributed by atoms with Crippen molar-refractivity contribution in [3.8, 4) is 29.7 Å². The SMILES string of the molecule is Cc1cc(Oc2c(F)cc(C(F)(F)F)cc2F)c(NC(C#N)=C(C#N)C#N)cc1F. The minimum absolute atomic E-state index is 0.0198. The number of benzene rings is 2. The Kier molecular flexibility index (Phi) is 6.24. The van der Waals surface area contributed by atoms with Crippen molar-refractivity contribution in [2.24, 2.45) is 0 Å². The smallest absolute Gasteiger partial charge is 0.416 e. The molecular weight excluding hydrogens is 414 g/mol. The molecule has 0 aliphatic rings. The fourth-order valence-electron chi connectivity index (χ4n) is 2.19. The first kappa shape index (κ1) is 22.1. The number of aryl methyl sites for hydroxylation is 1. The minimum atomic E-state index is -5.00. The van der Waals surface area contributed by atoms with Crippen LogP contribution in [0.15, 0.2) is 35.5 Å². The molecule has 0 amide bonds. The molecule has 0 atom stereocenters. The normalized spacial score (nSPS) is 10.4. The number of nitriles is 3. The van der Waals surface area contributed by atoms with Gasteiger partial charge in [0.05, 0.1) is 11.3 Å². The van der Waals surface area contributed by atoms with Gasteiger partial charge in [0.25, 0.3) is 0 Å². The van der Waals surface area contributed by atoms with Gasteiger partial charge >= 0.3 is 6.18 Å². The molecule has 1 N–H and O–H groups in total. The molecule has 5 nitrogen and oxygen atoms in total. The second-order valence-electron chi connectivity index (χ2n) is 5.68. The third-order valence-electron chi connectivity index (χ3n) is 3.64. The molecule has 0 saturated heterocycles. The molecule has 0 aliphatic heterocycles. The van der Waals surface area contributed by atoms with E-state index in [9.17, 15) is 26.3 Å². The van der Waals surface area contributed by atoms with Crippen molar-refractivity contribution < 1.29 is 31.1 Å². The number of hydrogen-bond acceptors (Lipinski definition) is 5. The molecule has 2 rings (SSSR count). The molecule has 0 bridgehead atoms. The van der Waals surface area contributed by atoms with Crippen molar-refractivity contribution in [2.75, 3.05) is 5.32 Å². The highest BCUT2D eigenvalue weighted by Crippen LogP contribution is 2.38. The zero-order valence-corrected chi connectivity index (χ0v) is 14.8. The highest BCUT2D eigenvalue weighted by Gasteiger charge is 2.33. The van der Waals surface area contributed by atoms with Crippen LogP contribution in [0.3, 0.4) is 0 Å². The third-order valence-corrected chi connectivity index (χ3v) is 3.64. The molecule has 2 aromatic rings. The Labute approximate surface area is 165 Å². The maximum absolute atomic E-state index is 14.1. The molecule has 0 fully saturated rings. The van der Waals surface area contributed by atoms with Gasteiger partial charge in [0.15, 0.2) is 28.7 Å². The van der Waals surface area contributed by atoms with E-state index in [1.165, 1.54) is 25.1 Å². The largest absolute Gasteiger partial charge is 0.449 e. The van der Waals surface area contributed by atoms with E-state index in [4.69, 9.17) is 20.5 Å². The average Bonchev–Trinajstić information content (AvgIpc) is 2.67. The highest BCUT2D eigenvalue weighted by molar-refractivity contribution is 5.66. The maximum Gasteiger partial charge on any atom is 0.416 e. The Bertz CT molecular complexity index is 1130.